The van der Waals surface area contributed by atoms with Gasteiger partial charge in [-0.1, -0.05) is 0 Å². The Morgan fingerprint density at radius 3 is 3.08 bits per heavy atom. The maximum atomic E-state index is 11.4. The Bertz CT molecular complexity index is 196. The smallest absolute Gasteiger partial charge is 0.242 e. The Labute approximate surface area is 76.7 Å². The summed E-state index contributed by atoms with van der Waals surface area (Å²) in [6, 6.07) is -0.0547. The molecule has 0 aromatic heterocycles. The van der Waals surface area contributed by atoms with E-state index in [9.17, 15) is 9.59 Å². The third-order valence-electron chi connectivity index (χ3n) is 2.24. The summed E-state index contributed by atoms with van der Waals surface area (Å²) >= 11 is 0. The molecule has 0 aromatic carbocycles. The Kier molecular flexibility index (Phi) is 3.70. The lowest BCUT2D eigenvalue weighted by molar-refractivity contribution is -0.132. The standard InChI is InChI=1S/C8H14N2O3/c11-5-7-2-1-3-10(7)8(13)4-9-6-12/h6-7,11H,1-5H2,(H,9,12)/t7-/m0/s1. The molecule has 1 atom stereocenters. The maximum Gasteiger partial charge on any atom is 0.242 e. The van der Waals surface area contributed by atoms with Gasteiger partial charge in [0.25, 0.3) is 0 Å². The summed E-state index contributed by atoms with van der Waals surface area (Å²) in [5.74, 6) is -0.122. The fourth-order valence-corrected chi connectivity index (χ4v) is 1.58. The summed E-state index contributed by atoms with van der Waals surface area (Å²) in [6.07, 6.45) is 2.28. The normalized spacial score (nSPS) is 21.6. The molecule has 0 spiro atoms. The zero-order valence-electron chi connectivity index (χ0n) is 7.40. The molecule has 1 rings (SSSR count). The van der Waals surface area contributed by atoms with E-state index in [-0.39, 0.29) is 25.1 Å². The van der Waals surface area contributed by atoms with Gasteiger partial charge in [0.1, 0.15) is 0 Å². The van der Waals surface area contributed by atoms with E-state index >= 15 is 0 Å². The molecule has 1 aliphatic heterocycles. The lowest BCUT2D eigenvalue weighted by atomic mass is 10.2. The molecule has 2 N–H and O–H groups in total. The Hall–Kier alpha value is -1.10. The summed E-state index contributed by atoms with van der Waals surface area (Å²) in [6.45, 7) is 0.720. The van der Waals surface area contributed by atoms with Crippen LogP contribution in [0.4, 0.5) is 0 Å². The molecule has 2 amide bonds. The first-order chi connectivity index (χ1) is 6.29. The van der Waals surface area contributed by atoms with Crippen LogP contribution in [0.1, 0.15) is 12.8 Å². The van der Waals surface area contributed by atoms with Crippen LogP contribution in [0.5, 0.6) is 0 Å². The van der Waals surface area contributed by atoms with E-state index in [1.807, 2.05) is 0 Å². The summed E-state index contributed by atoms with van der Waals surface area (Å²) in [5.41, 5.74) is 0. The molecular formula is C8H14N2O3. The van der Waals surface area contributed by atoms with Crippen LogP contribution in [0.25, 0.3) is 0 Å². The van der Waals surface area contributed by atoms with Gasteiger partial charge in [0.05, 0.1) is 19.2 Å². The van der Waals surface area contributed by atoms with Gasteiger partial charge in [-0.05, 0) is 12.8 Å². The van der Waals surface area contributed by atoms with Crippen LogP contribution in [-0.4, -0.2) is 48.1 Å². The van der Waals surface area contributed by atoms with E-state index in [1.165, 1.54) is 0 Å². The van der Waals surface area contributed by atoms with Crippen LogP contribution in [-0.2, 0) is 9.59 Å². The van der Waals surface area contributed by atoms with Gasteiger partial charge in [-0.15, -0.1) is 0 Å². The van der Waals surface area contributed by atoms with E-state index in [1.54, 1.807) is 4.90 Å². The fourth-order valence-electron chi connectivity index (χ4n) is 1.58. The Balaban J connectivity index is 2.40. The van der Waals surface area contributed by atoms with Crippen LogP contribution in [0.2, 0.25) is 0 Å². The van der Waals surface area contributed by atoms with Crippen molar-refractivity contribution in [2.45, 2.75) is 18.9 Å². The molecule has 0 radical (unpaired) electrons. The first-order valence-electron chi connectivity index (χ1n) is 4.37. The van der Waals surface area contributed by atoms with Crippen molar-refractivity contribution in [1.29, 1.82) is 0 Å². The van der Waals surface area contributed by atoms with Gasteiger partial charge < -0.3 is 15.3 Å². The van der Waals surface area contributed by atoms with Crippen molar-refractivity contribution in [1.82, 2.24) is 10.2 Å². The van der Waals surface area contributed by atoms with Gasteiger partial charge in [0, 0.05) is 6.54 Å². The van der Waals surface area contributed by atoms with E-state index in [4.69, 9.17) is 5.11 Å². The quantitative estimate of drug-likeness (QED) is 0.537. The van der Waals surface area contributed by atoms with Crippen molar-refractivity contribution in [2.75, 3.05) is 19.7 Å². The second-order valence-corrected chi connectivity index (χ2v) is 3.06. The van der Waals surface area contributed by atoms with Crippen molar-refractivity contribution in [3.05, 3.63) is 0 Å². The number of rotatable bonds is 4. The van der Waals surface area contributed by atoms with Crippen molar-refractivity contribution < 1.29 is 14.7 Å². The molecule has 5 heteroatoms. The lowest BCUT2D eigenvalue weighted by Gasteiger charge is -2.22. The van der Waals surface area contributed by atoms with Crippen molar-refractivity contribution in [3.63, 3.8) is 0 Å². The van der Waals surface area contributed by atoms with Gasteiger partial charge in [-0.3, -0.25) is 9.59 Å². The van der Waals surface area contributed by atoms with E-state index in [0.717, 1.165) is 12.8 Å². The summed E-state index contributed by atoms with van der Waals surface area (Å²) in [4.78, 5) is 22.9. The Morgan fingerprint density at radius 2 is 2.46 bits per heavy atom. The number of aliphatic hydroxyl groups excluding tert-OH is 1. The van der Waals surface area contributed by atoms with Crippen molar-refractivity contribution >= 4 is 12.3 Å². The molecule has 0 aromatic rings. The van der Waals surface area contributed by atoms with Crippen LogP contribution in [0, 0.1) is 0 Å². The summed E-state index contributed by atoms with van der Waals surface area (Å²) in [7, 11) is 0. The van der Waals surface area contributed by atoms with Gasteiger partial charge >= 0.3 is 0 Å². The van der Waals surface area contributed by atoms with Gasteiger partial charge in [-0.2, -0.15) is 0 Å². The average molecular weight is 186 g/mol. The van der Waals surface area contributed by atoms with E-state index in [0.29, 0.717) is 13.0 Å². The fraction of sp³-hybridized carbons (Fsp3) is 0.750. The molecule has 0 saturated carbocycles. The number of aliphatic hydroxyl groups is 1. The third kappa shape index (κ3) is 2.42. The molecule has 1 saturated heterocycles. The second kappa shape index (κ2) is 4.81. The van der Waals surface area contributed by atoms with Crippen LogP contribution < -0.4 is 5.32 Å². The highest BCUT2D eigenvalue weighted by molar-refractivity contribution is 5.80. The first-order valence-corrected chi connectivity index (χ1v) is 4.37. The van der Waals surface area contributed by atoms with Crippen LogP contribution in [0.3, 0.4) is 0 Å². The zero-order chi connectivity index (χ0) is 9.68. The minimum Gasteiger partial charge on any atom is -0.394 e. The van der Waals surface area contributed by atoms with Crippen molar-refractivity contribution in [3.8, 4) is 0 Å². The van der Waals surface area contributed by atoms with E-state index < -0.39 is 0 Å². The molecule has 13 heavy (non-hydrogen) atoms. The molecule has 1 fully saturated rings. The van der Waals surface area contributed by atoms with Gasteiger partial charge in [0.2, 0.25) is 12.3 Å². The molecule has 5 nitrogen and oxygen atoms in total. The highest BCUT2D eigenvalue weighted by Gasteiger charge is 2.27. The maximum absolute atomic E-state index is 11.4. The lowest BCUT2D eigenvalue weighted by Crippen LogP contribution is -2.42. The molecule has 1 aliphatic rings. The topological polar surface area (TPSA) is 69.6 Å². The average Bonchev–Trinajstić information content (AvgIpc) is 2.61. The predicted molar refractivity (Wildman–Crippen MR) is 45.9 cm³/mol. The molecule has 1 heterocycles. The van der Waals surface area contributed by atoms with Crippen molar-refractivity contribution in [2.24, 2.45) is 0 Å². The Morgan fingerprint density at radius 1 is 1.69 bits per heavy atom. The molecule has 0 bridgehead atoms. The molecule has 0 aliphatic carbocycles. The second-order valence-electron chi connectivity index (χ2n) is 3.06. The van der Waals surface area contributed by atoms with Crippen LogP contribution >= 0.6 is 0 Å². The minimum absolute atomic E-state index is 0.00678. The monoisotopic (exact) mass is 186 g/mol. The SMILES string of the molecule is O=CNCC(=O)N1CCC[C@H]1CO. The summed E-state index contributed by atoms with van der Waals surface area (Å²) < 4.78 is 0. The molecule has 74 valence electrons. The highest BCUT2D eigenvalue weighted by Crippen LogP contribution is 2.15. The van der Waals surface area contributed by atoms with Gasteiger partial charge in [0.15, 0.2) is 0 Å². The molecule has 0 unspecified atom stereocenters. The number of carbonyl (C=O) groups is 2. The number of amides is 2. The third-order valence-corrected chi connectivity index (χ3v) is 2.24. The predicted octanol–water partition coefficient (Wildman–Crippen LogP) is -1.28. The highest BCUT2D eigenvalue weighted by atomic mass is 16.3. The number of hydrogen-bond acceptors (Lipinski definition) is 3. The number of nitrogens with zero attached hydrogens (tertiary/aromatic N) is 1. The summed E-state index contributed by atoms with van der Waals surface area (Å²) in [5, 5.41) is 11.2. The number of hydrogen-bond donors (Lipinski definition) is 2. The number of likely N-dealkylation sites (tertiary alicyclic amines) is 1. The van der Waals surface area contributed by atoms with Crippen LogP contribution in [0.15, 0.2) is 0 Å². The van der Waals surface area contributed by atoms with E-state index in [2.05, 4.69) is 5.32 Å². The largest absolute Gasteiger partial charge is 0.394 e. The zero-order valence-corrected chi connectivity index (χ0v) is 7.40. The number of nitrogens with one attached hydrogen (secondary N) is 1. The first kappa shape index (κ1) is 9.98. The minimum atomic E-state index is -0.122. The molecular weight excluding hydrogens is 172 g/mol. The van der Waals surface area contributed by atoms with Gasteiger partial charge in [-0.25, -0.2) is 0 Å². The number of carbonyl (C=O) groups excluding carboxylic acids is 2.